The lowest BCUT2D eigenvalue weighted by molar-refractivity contribution is -0.116. The van der Waals surface area contributed by atoms with Crippen LogP contribution in [0.5, 0.6) is 0 Å². The SMILES string of the molecule is CC[C@@H](C)NC(=O)C#Cc1ccc2c(c1)NC(=O)C2C(=Nc1ccc(CN2CCCC2)cc1)c1ccccc1. The van der Waals surface area contributed by atoms with E-state index in [1.165, 1.54) is 18.4 Å². The van der Waals surface area contributed by atoms with Crippen LogP contribution < -0.4 is 10.6 Å². The molecule has 0 saturated carbocycles. The molecule has 0 spiro atoms. The Morgan fingerprint density at radius 1 is 1.08 bits per heavy atom. The number of nitrogens with one attached hydrogen (secondary N) is 2. The molecule has 6 heteroatoms. The quantitative estimate of drug-likeness (QED) is 0.325. The second-order valence-electron chi connectivity index (χ2n) is 10.3. The lowest BCUT2D eigenvalue weighted by Gasteiger charge is -2.15. The summed E-state index contributed by atoms with van der Waals surface area (Å²) in [6.45, 7) is 7.23. The molecule has 0 radical (unpaired) electrons. The van der Waals surface area contributed by atoms with Gasteiger partial charge in [0, 0.05) is 29.8 Å². The summed E-state index contributed by atoms with van der Waals surface area (Å²) in [6, 6.07) is 23.8. The maximum atomic E-state index is 13.3. The average molecular weight is 519 g/mol. The van der Waals surface area contributed by atoms with Gasteiger partial charge >= 0.3 is 0 Å². The van der Waals surface area contributed by atoms with Crippen molar-refractivity contribution in [1.82, 2.24) is 10.2 Å². The van der Waals surface area contributed by atoms with E-state index in [1.807, 2.05) is 74.5 Å². The maximum absolute atomic E-state index is 13.3. The molecule has 2 heterocycles. The number of likely N-dealkylation sites (tertiary alicyclic amines) is 1. The fourth-order valence-corrected chi connectivity index (χ4v) is 5.02. The zero-order valence-corrected chi connectivity index (χ0v) is 22.5. The number of amides is 2. The number of nitrogens with zero attached hydrogens (tertiary/aromatic N) is 2. The van der Waals surface area contributed by atoms with Gasteiger partial charge in [0.25, 0.3) is 5.91 Å². The van der Waals surface area contributed by atoms with E-state index in [4.69, 9.17) is 4.99 Å². The lowest BCUT2D eigenvalue weighted by Crippen LogP contribution is -2.30. The molecule has 0 aliphatic carbocycles. The molecule has 2 amide bonds. The lowest BCUT2D eigenvalue weighted by atomic mass is 9.90. The predicted octanol–water partition coefficient (Wildman–Crippen LogP) is 5.41. The summed E-state index contributed by atoms with van der Waals surface area (Å²) in [5, 5.41) is 5.85. The Balaban J connectivity index is 1.42. The van der Waals surface area contributed by atoms with Crippen LogP contribution in [0.4, 0.5) is 11.4 Å². The third-order valence-corrected chi connectivity index (χ3v) is 7.33. The van der Waals surface area contributed by atoms with E-state index in [0.29, 0.717) is 17.0 Å². The Hall–Kier alpha value is -4.21. The van der Waals surface area contributed by atoms with Gasteiger partial charge in [0.15, 0.2) is 0 Å². The van der Waals surface area contributed by atoms with Crippen molar-refractivity contribution in [2.45, 2.75) is 51.6 Å². The van der Waals surface area contributed by atoms with E-state index in [1.54, 1.807) is 0 Å². The zero-order chi connectivity index (χ0) is 27.2. The van der Waals surface area contributed by atoms with E-state index >= 15 is 0 Å². The number of benzene rings is 3. The number of carbonyl (C=O) groups excluding carboxylic acids is 2. The van der Waals surface area contributed by atoms with E-state index in [2.05, 4.69) is 39.5 Å². The van der Waals surface area contributed by atoms with E-state index in [0.717, 1.165) is 42.9 Å². The molecule has 5 rings (SSSR count). The second-order valence-corrected chi connectivity index (χ2v) is 10.3. The van der Waals surface area contributed by atoms with Crippen molar-refractivity contribution in [3.8, 4) is 11.8 Å². The highest BCUT2D eigenvalue weighted by atomic mass is 16.2. The number of rotatable bonds is 7. The minimum Gasteiger partial charge on any atom is -0.343 e. The highest BCUT2D eigenvalue weighted by Crippen LogP contribution is 2.37. The fourth-order valence-electron chi connectivity index (χ4n) is 5.02. The summed E-state index contributed by atoms with van der Waals surface area (Å²) >= 11 is 0. The van der Waals surface area contributed by atoms with Crippen LogP contribution in [0.3, 0.4) is 0 Å². The van der Waals surface area contributed by atoms with Crippen LogP contribution in [0.15, 0.2) is 77.8 Å². The fraction of sp³-hybridized carbons (Fsp3) is 0.303. The number of anilines is 1. The summed E-state index contributed by atoms with van der Waals surface area (Å²) in [5.41, 5.74) is 5.90. The molecule has 6 nitrogen and oxygen atoms in total. The van der Waals surface area contributed by atoms with Crippen molar-refractivity contribution in [2.75, 3.05) is 18.4 Å². The monoisotopic (exact) mass is 518 g/mol. The molecule has 1 fully saturated rings. The summed E-state index contributed by atoms with van der Waals surface area (Å²) < 4.78 is 0. The first-order chi connectivity index (χ1) is 19.0. The topological polar surface area (TPSA) is 73.8 Å². The van der Waals surface area contributed by atoms with Crippen molar-refractivity contribution in [3.63, 3.8) is 0 Å². The zero-order valence-electron chi connectivity index (χ0n) is 22.5. The van der Waals surface area contributed by atoms with Crippen LogP contribution in [0.2, 0.25) is 0 Å². The number of carbonyl (C=O) groups is 2. The maximum Gasteiger partial charge on any atom is 0.296 e. The number of aliphatic imine (C=N–C) groups is 1. The van der Waals surface area contributed by atoms with Gasteiger partial charge in [-0.1, -0.05) is 61.4 Å². The number of hydrogen-bond donors (Lipinski definition) is 2. The van der Waals surface area contributed by atoms with Crippen LogP contribution in [-0.2, 0) is 16.1 Å². The van der Waals surface area contributed by atoms with E-state index in [9.17, 15) is 9.59 Å². The molecule has 1 saturated heterocycles. The van der Waals surface area contributed by atoms with Gasteiger partial charge < -0.3 is 10.6 Å². The smallest absolute Gasteiger partial charge is 0.296 e. The molecule has 39 heavy (non-hydrogen) atoms. The van der Waals surface area contributed by atoms with Crippen LogP contribution >= 0.6 is 0 Å². The summed E-state index contributed by atoms with van der Waals surface area (Å²) in [5.74, 6) is 4.58. The minimum atomic E-state index is -0.553. The predicted molar refractivity (Wildman–Crippen MR) is 156 cm³/mol. The van der Waals surface area contributed by atoms with Gasteiger partial charge in [0.05, 0.1) is 11.4 Å². The van der Waals surface area contributed by atoms with Gasteiger partial charge in [-0.25, -0.2) is 0 Å². The molecular formula is C33H34N4O2. The van der Waals surface area contributed by atoms with Crippen LogP contribution in [-0.4, -0.2) is 41.6 Å². The highest BCUT2D eigenvalue weighted by Gasteiger charge is 2.35. The molecule has 0 bridgehead atoms. The molecule has 0 aromatic heterocycles. The van der Waals surface area contributed by atoms with Gasteiger partial charge in [-0.3, -0.25) is 19.5 Å². The highest BCUT2D eigenvalue weighted by molar-refractivity contribution is 6.24. The van der Waals surface area contributed by atoms with Crippen molar-refractivity contribution in [2.24, 2.45) is 4.99 Å². The third-order valence-electron chi connectivity index (χ3n) is 7.33. The van der Waals surface area contributed by atoms with Gasteiger partial charge in [-0.2, -0.15) is 0 Å². The van der Waals surface area contributed by atoms with Gasteiger partial charge in [0.2, 0.25) is 5.91 Å². The van der Waals surface area contributed by atoms with Gasteiger partial charge in [-0.05, 0) is 80.2 Å². The molecule has 3 aromatic rings. The second kappa shape index (κ2) is 12.1. The first kappa shape index (κ1) is 26.4. The molecule has 1 unspecified atom stereocenters. The van der Waals surface area contributed by atoms with Crippen molar-refractivity contribution < 1.29 is 9.59 Å². The van der Waals surface area contributed by atoms with Crippen molar-refractivity contribution in [3.05, 3.63) is 95.1 Å². The Morgan fingerprint density at radius 2 is 1.82 bits per heavy atom. The standard InChI is InChI=1S/C33H34N4O2/c1-3-23(2)34-30(38)18-14-24-13-17-28-29(21-24)36-33(39)31(28)32(26-9-5-4-6-10-26)35-27-15-11-25(12-16-27)22-37-19-7-8-20-37/h4-6,9-13,15-17,21,23,31H,3,7-8,19-20,22H2,1-2H3,(H,34,38)(H,36,39)/t23-,31?/m1/s1. The first-order valence-corrected chi connectivity index (χ1v) is 13.7. The Morgan fingerprint density at radius 3 is 2.54 bits per heavy atom. The van der Waals surface area contributed by atoms with Crippen molar-refractivity contribution >= 4 is 28.9 Å². The largest absolute Gasteiger partial charge is 0.343 e. The average Bonchev–Trinajstić information content (AvgIpc) is 3.58. The van der Waals surface area contributed by atoms with Crippen LogP contribution in [0, 0.1) is 11.8 Å². The van der Waals surface area contributed by atoms with Gasteiger partial charge in [0.1, 0.15) is 5.92 Å². The molecule has 2 atom stereocenters. The van der Waals surface area contributed by atoms with E-state index < -0.39 is 5.92 Å². The van der Waals surface area contributed by atoms with Crippen molar-refractivity contribution in [1.29, 1.82) is 0 Å². The Kier molecular flexibility index (Phi) is 8.19. The van der Waals surface area contributed by atoms with Gasteiger partial charge in [-0.15, -0.1) is 0 Å². The van der Waals surface area contributed by atoms with Crippen LogP contribution in [0.1, 0.15) is 61.3 Å². The molecule has 198 valence electrons. The summed E-state index contributed by atoms with van der Waals surface area (Å²) in [4.78, 5) is 32.9. The molecule has 2 aliphatic rings. The third kappa shape index (κ3) is 6.45. The first-order valence-electron chi connectivity index (χ1n) is 13.7. The molecule has 3 aromatic carbocycles. The summed E-state index contributed by atoms with van der Waals surface area (Å²) in [6.07, 6.45) is 3.39. The number of hydrogen-bond acceptors (Lipinski definition) is 4. The normalized spacial score (nSPS) is 17.6. The Labute approximate surface area is 230 Å². The summed E-state index contributed by atoms with van der Waals surface area (Å²) in [7, 11) is 0. The molecule has 2 aliphatic heterocycles. The molecular weight excluding hydrogens is 484 g/mol. The van der Waals surface area contributed by atoms with E-state index in [-0.39, 0.29) is 17.9 Å². The van der Waals surface area contributed by atoms with Crippen LogP contribution in [0.25, 0.3) is 0 Å². The number of fused-ring (bicyclic) bond motifs is 1. The minimum absolute atomic E-state index is 0.0730. The Bertz CT molecular complexity index is 1430. The molecule has 2 N–H and O–H groups in total.